The largest absolute Gasteiger partial charge is 0.469 e. The van der Waals surface area contributed by atoms with Gasteiger partial charge in [0.25, 0.3) is 0 Å². The number of amides is 1. The summed E-state index contributed by atoms with van der Waals surface area (Å²) in [6.07, 6.45) is 4.98. The van der Waals surface area contributed by atoms with Crippen molar-refractivity contribution in [2.45, 2.75) is 51.0 Å². The van der Waals surface area contributed by atoms with Crippen LogP contribution in [0, 0.1) is 5.41 Å². The van der Waals surface area contributed by atoms with E-state index in [9.17, 15) is 9.59 Å². The van der Waals surface area contributed by atoms with Gasteiger partial charge in [-0.25, -0.2) is 4.98 Å². The van der Waals surface area contributed by atoms with Crippen LogP contribution in [0.4, 0.5) is 5.69 Å². The van der Waals surface area contributed by atoms with Gasteiger partial charge in [-0.2, -0.15) is 0 Å². The number of carbonyl (C=O) groups is 2. The number of anilines is 1. The second kappa shape index (κ2) is 10.1. The third kappa shape index (κ3) is 4.95. The number of carbonyl (C=O) groups excluding carboxylic acids is 2. The van der Waals surface area contributed by atoms with E-state index in [-0.39, 0.29) is 36.6 Å². The van der Waals surface area contributed by atoms with E-state index in [0.29, 0.717) is 12.0 Å². The van der Waals surface area contributed by atoms with E-state index in [2.05, 4.69) is 4.57 Å². The van der Waals surface area contributed by atoms with Crippen LogP contribution < -0.4 is 10.6 Å². The van der Waals surface area contributed by atoms with Gasteiger partial charge >= 0.3 is 5.97 Å². The number of esters is 1. The lowest BCUT2D eigenvalue weighted by atomic mass is 10.1. The average molecular weight is 462 g/mol. The number of nitrogens with two attached hydrogens (primary N) is 1. The van der Waals surface area contributed by atoms with Gasteiger partial charge in [0.2, 0.25) is 5.91 Å². The van der Waals surface area contributed by atoms with Crippen molar-refractivity contribution < 1.29 is 14.3 Å². The Kier molecular flexibility index (Phi) is 6.95. The van der Waals surface area contributed by atoms with Gasteiger partial charge in [0.1, 0.15) is 11.7 Å². The van der Waals surface area contributed by atoms with Gasteiger partial charge in [-0.15, -0.1) is 0 Å². The fourth-order valence-electron chi connectivity index (χ4n) is 4.68. The Balaban J connectivity index is 1.61. The molecule has 178 valence electrons. The number of amidine groups is 1. The number of rotatable bonds is 8. The van der Waals surface area contributed by atoms with Crippen molar-refractivity contribution in [1.29, 1.82) is 5.41 Å². The number of imidazole rings is 1. The summed E-state index contributed by atoms with van der Waals surface area (Å²) in [6, 6.07) is 13.7. The maximum atomic E-state index is 13.1. The topological polar surface area (TPSA) is 114 Å². The van der Waals surface area contributed by atoms with Crippen LogP contribution in [0.15, 0.2) is 42.5 Å². The first-order valence-electron chi connectivity index (χ1n) is 11.6. The van der Waals surface area contributed by atoms with E-state index in [1.807, 2.05) is 54.4 Å². The second-order valence-corrected chi connectivity index (χ2v) is 8.83. The lowest BCUT2D eigenvalue weighted by molar-refractivity contribution is -0.141. The van der Waals surface area contributed by atoms with Crippen molar-refractivity contribution in [3.8, 4) is 0 Å². The zero-order valence-corrected chi connectivity index (χ0v) is 19.7. The maximum absolute atomic E-state index is 13.1. The fraction of sp³-hybridized carbons (Fsp3) is 0.385. The number of ether oxygens (including phenoxy) is 1. The summed E-state index contributed by atoms with van der Waals surface area (Å²) in [4.78, 5) is 31.5. The third-order valence-electron chi connectivity index (χ3n) is 6.59. The molecule has 8 heteroatoms. The molecule has 1 aliphatic rings. The lowest BCUT2D eigenvalue weighted by Crippen LogP contribution is -2.39. The van der Waals surface area contributed by atoms with Gasteiger partial charge in [-0.1, -0.05) is 37.1 Å². The Morgan fingerprint density at radius 1 is 1.15 bits per heavy atom. The highest BCUT2D eigenvalue weighted by atomic mass is 16.5. The minimum absolute atomic E-state index is 0.0507. The average Bonchev–Trinajstić information content (AvgIpc) is 3.46. The molecule has 0 radical (unpaired) electrons. The summed E-state index contributed by atoms with van der Waals surface area (Å²) in [6.45, 7) is 0. The number of hydrogen-bond donors (Lipinski definition) is 2. The first-order valence-corrected chi connectivity index (χ1v) is 11.6. The number of hydrogen-bond acceptors (Lipinski definition) is 5. The first-order chi connectivity index (χ1) is 16.4. The summed E-state index contributed by atoms with van der Waals surface area (Å²) in [5.41, 5.74) is 9.98. The summed E-state index contributed by atoms with van der Waals surface area (Å²) in [5, 5.41) is 7.55. The lowest BCUT2D eigenvalue weighted by Gasteiger charge is -2.29. The van der Waals surface area contributed by atoms with Crippen LogP contribution in [-0.4, -0.2) is 40.4 Å². The molecule has 1 fully saturated rings. The number of nitrogens with zero attached hydrogens (tertiary/aromatic N) is 3. The molecule has 1 aromatic heterocycles. The molecular formula is C26H31N5O3. The van der Waals surface area contributed by atoms with Crippen LogP contribution >= 0.6 is 0 Å². The molecule has 1 heterocycles. The van der Waals surface area contributed by atoms with E-state index < -0.39 is 0 Å². The number of benzene rings is 2. The van der Waals surface area contributed by atoms with Crippen LogP contribution in [0.3, 0.4) is 0 Å². The molecule has 0 unspecified atom stereocenters. The highest BCUT2D eigenvalue weighted by Crippen LogP contribution is 2.31. The van der Waals surface area contributed by atoms with E-state index in [1.165, 1.54) is 7.11 Å². The summed E-state index contributed by atoms with van der Waals surface area (Å²) in [7, 11) is 3.33. The number of aryl methyl sites for hydroxylation is 1. The molecule has 34 heavy (non-hydrogen) atoms. The minimum Gasteiger partial charge on any atom is -0.469 e. The van der Waals surface area contributed by atoms with E-state index in [4.69, 9.17) is 20.9 Å². The Hall–Kier alpha value is -3.68. The van der Waals surface area contributed by atoms with Gasteiger partial charge < -0.3 is 19.9 Å². The summed E-state index contributed by atoms with van der Waals surface area (Å²) < 4.78 is 6.78. The van der Waals surface area contributed by atoms with Crippen molar-refractivity contribution in [2.24, 2.45) is 12.8 Å². The Morgan fingerprint density at radius 2 is 1.85 bits per heavy atom. The number of nitrogens with one attached hydrogen (secondary N) is 1. The molecule has 2 aromatic carbocycles. The third-order valence-corrected chi connectivity index (χ3v) is 6.59. The molecular weight excluding hydrogens is 430 g/mol. The maximum Gasteiger partial charge on any atom is 0.306 e. The van der Waals surface area contributed by atoms with Crippen molar-refractivity contribution in [3.63, 3.8) is 0 Å². The minimum atomic E-state index is -0.374. The molecule has 0 aliphatic heterocycles. The molecule has 0 spiro atoms. The Morgan fingerprint density at radius 3 is 2.50 bits per heavy atom. The normalized spacial score (nSPS) is 13.8. The number of fused-ring (bicyclic) bond motifs is 1. The van der Waals surface area contributed by atoms with Crippen molar-refractivity contribution in [1.82, 2.24) is 9.55 Å². The van der Waals surface area contributed by atoms with Crippen molar-refractivity contribution >= 4 is 34.4 Å². The molecule has 1 saturated carbocycles. The van der Waals surface area contributed by atoms with Gasteiger partial charge in [0.05, 0.1) is 24.6 Å². The van der Waals surface area contributed by atoms with Crippen LogP contribution in [0.25, 0.3) is 11.0 Å². The molecule has 3 N–H and O–H groups in total. The Labute approximate surface area is 199 Å². The molecule has 8 nitrogen and oxygen atoms in total. The van der Waals surface area contributed by atoms with E-state index >= 15 is 0 Å². The smallest absolute Gasteiger partial charge is 0.306 e. The zero-order valence-electron chi connectivity index (χ0n) is 19.7. The van der Waals surface area contributed by atoms with Crippen LogP contribution in [0.2, 0.25) is 0 Å². The predicted molar refractivity (Wildman–Crippen MR) is 132 cm³/mol. The van der Waals surface area contributed by atoms with Gasteiger partial charge in [-0.3, -0.25) is 15.0 Å². The molecule has 0 bridgehead atoms. The van der Waals surface area contributed by atoms with Crippen molar-refractivity contribution in [3.05, 3.63) is 59.4 Å². The number of nitrogen functional groups attached to an aromatic ring is 1. The molecule has 0 atom stereocenters. The summed E-state index contributed by atoms with van der Waals surface area (Å²) >= 11 is 0. The van der Waals surface area contributed by atoms with Crippen LogP contribution in [0.5, 0.6) is 0 Å². The van der Waals surface area contributed by atoms with Crippen LogP contribution in [-0.2, 0) is 27.8 Å². The SMILES string of the molecule is COC(=O)CCC(=O)N(c1ccc2c(c1)nc(Cc1ccc(C(=N)N)cc1)n2C)C1CCCC1. The monoisotopic (exact) mass is 461 g/mol. The molecule has 1 aliphatic carbocycles. The zero-order chi connectivity index (χ0) is 24.2. The van der Waals surface area contributed by atoms with Gasteiger partial charge in [0.15, 0.2) is 0 Å². The number of methoxy groups -OCH3 is 1. The molecule has 4 rings (SSSR count). The quantitative estimate of drug-likeness (QED) is 0.302. The molecule has 0 saturated heterocycles. The van der Waals surface area contributed by atoms with Crippen LogP contribution in [0.1, 0.15) is 55.5 Å². The predicted octanol–water partition coefficient (Wildman–Crippen LogP) is 3.68. The molecule has 3 aromatic rings. The number of aromatic nitrogens is 2. The highest BCUT2D eigenvalue weighted by Gasteiger charge is 2.28. The highest BCUT2D eigenvalue weighted by molar-refractivity contribution is 5.97. The van der Waals surface area contributed by atoms with Crippen molar-refractivity contribution in [2.75, 3.05) is 12.0 Å². The molecule has 1 amide bonds. The van der Waals surface area contributed by atoms with E-state index in [0.717, 1.165) is 53.8 Å². The summed E-state index contributed by atoms with van der Waals surface area (Å²) in [5.74, 6) is 0.529. The van der Waals surface area contributed by atoms with Gasteiger partial charge in [0, 0.05) is 37.2 Å². The second-order valence-electron chi connectivity index (χ2n) is 8.83. The standard InChI is InChI=1S/C26H31N5O3/c1-30-22-12-11-20(31(19-5-3-4-6-19)24(32)13-14-25(33)34-2)16-21(22)29-23(30)15-17-7-9-18(10-8-17)26(27)28/h7-12,16,19H,3-6,13-15H2,1-2H3,(H3,27,28). The first kappa shape index (κ1) is 23.5. The fourth-order valence-corrected chi connectivity index (χ4v) is 4.68. The van der Waals surface area contributed by atoms with E-state index in [1.54, 1.807) is 0 Å². The van der Waals surface area contributed by atoms with Gasteiger partial charge in [-0.05, 0) is 36.6 Å². The Bertz CT molecular complexity index is 1210.